The molecule has 1 fully saturated rings. The number of hydrogen-bond acceptors (Lipinski definition) is 4. The number of nitrogen functional groups attached to an aromatic ring is 1. The third-order valence-corrected chi connectivity index (χ3v) is 4.36. The minimum absolute atomic E-state index is 0.604. The van der Waals surface area contributed by atoms with Crippen LogP contribution in [0, 0.1) is 5.92 Å². The zero-order chi connectivity index (χ0) is 14.1. The summed E-state index contributed by atoms with van der Waals surface area (Å²) in [6, 6.07) is 4.63. The molecule has 1 unspecified atom stereocenters. The predicted molar refractivity (Wildman–Crippen MR) is 80.1 cm³/mol. The van der Waals surface area contributed by atoms with Gasteiger partial charge < -0.3 is 15.2 Å². The van der Waals surface area contributed by atoms with Gasteiger partial charge in [0.1, 0.15) is 13.2 Å². The minimum Gasteiger partial charge on any atom is -0.486 e. The Balaban J connectivity index is 1.80. The van der Waals surface area contributed by atoms with Crippen LogP contribution in [0.1, 0.15) is 32.3 Å². The first kappa shape index (κ1) is 13.6. The fourth-order valence-corrected chi connectivity index (χ4v) is 3.31. The third kappa shape index (κ3) is 2.57. The molecular weight excluding hydrogens is 252 g/mol. The van der Waals surface area contributed by atoms with E-state index in [4.69, 9.17) is 15.2 Å². The van der Waals surface area contributed by atoms with Gasteiger partial charge in [-0.25, -0.2) is 0 Å². The molecule has 4 nitrogen and oxygen atoms in total. The topological polar surface area (TPSA) is 47.7 Å². The Morgan fingerprint density at radius 2 is 1.95 bits per heavy atom. The summed E-state index contributed by atoms with van der Waals surface area (Å²) >= 11 is 0. The highest BCUT2D eigenvalue weighted by molar-refractivity contribution is 5.58. The molecule has 110 valence electrons. The molecule has 2 N–H and O–H groups in total. The number of hydrogen-bond donors (Lipinski definition) is 1. The van der Waals surface area contributed by atoms with Crippen molar-refractivity contribution in [2.45, 2.75) is 39.3 Å². The number of anilines is 1. The van der Waals surface area contributed by atoms with E-state index in [9.17, 15) is 0 Å². The Morgan fingerprint density at radius 3 is 2.65 bits per heavy atom. The van der Waals surface area contributed by atoms with Gasteiger partial charge in [-0.1, -0.05) is 13.8 Å². The van der Waals surface area contributed by atoms with Gasteiger partial charge in [0.15, 0.2) is 11.5 Å². The Labute approximate surface area is 120 Å². The fourth-order valence-electron chi connectivity index (χ4n) is 3.31. The molecule has 3 rings (SSSR count). The minimum atomic E-state index is 0.604. The van der Waals surface area contributed by atoms with Crippen LogP contribution in [-0.4, -0.2) is 30.7 Å². The highest BCUT2D eigenvalue weighted by Gasteiger charge is 2.27. The van der Waals surface area contributed by atoms with Crippen molar-refractivity contribution >= 4 is 5.69 Å². The van der Waals surface area contributed by atoms with Gasteiger partial charge in [-0.15, -0.1) is 0 Å². The second-order valence-corrected chi connectivity index (χ2v) is 6.12. The first-order valence-electron chi connectivity index (χ1n) is 7.57. The normalized spacial score (nSPS) is 22.4. The summed E-state index contributed by atoms with van der Waals surface area (Å²) in [5.41, 5.74) is 8.15. The third-order valence-electron chi connectivity index (χ3n) is 4.36. The van der Waals surface area contributed by atoms with Crippen LogP contribution in [0.5, 0.6) is 11.5 Å². The van der Waals surface area contributed by atoms with Crippen molar-refractivity contribution in [1.29, 1.82) is 0 Å². The van der Waals surface area contributed by atoms with Crippen LogP contribution < -0.4 is 15.2 Å². The van der Waals surface area contributed by atoms with Crippen molar-refractivity contribution < 1.29 is 9.47 Å². The molecule has 1 aromatic carbocycles. The average Bonchev–Trinajstić information content (AvgIpc) is 2.88. The molecule has 2 heterocycles. The lowest BCUT2D eigenvalue weighted by atomic mass is 10.0. The van der Waals surface area contributed by atoms with E-state index in [-0.39, 0.29) is 0 Å². The highest BCUT2D eigenvalue weighted by Crippen LogP contribution is 2.36. The maximum atomic E-state index is 6.18. The molecular formula is C16H24N2O2. The van der Waals surface area contributed by atoms with E-state index < -0.39 is 0 Å². The van der Waals surface area contributed by atoms with Gasteiger partial charge in [-0.3, -0.25) is 4.90 Å². The van der Waals surface area contributed by atoms with E-state index in [1.165, 1.54) is 12.8 Å². The molecule has 0 amide bonds. The summed E-state index contributed by atoms with van der Waals surface area (Å²) in [5, 5.41) is 0. The molecule has 2 aliphatic heterocycles. The first-order chi connectivity index (χ1) is 9.65. The van der Waals surface area contributed by atoms with E-state index in [1.807, 2.05) is 6.07 Å². The van der Waals surface area contributed by atoms with Crippen LogP contribution >= 0.6 is 0 Å². The van der Waals surface area contributed by atoms with Crippen LogP contribution in [0.3, 0.4) is 0 Å². The van der Waals surface area contributed by atoms with E-state index in [1.54, 1.807) is 0 Å². The van der Waals surface area contributed by atoms with Crippen LogP contribution in [0.4, 0.5) is 5.69 Å². The zero-order valence-corrected chi connectivity index (χ0v) is 12.4. The quantitative estimate of drug-likeness (QED) is 0.862. The summed E-state index contributed by atoms with van der Waals surface area (Å²) in [4.78, 5) is 2.55. The molecule has 0 aliphatic carbocycles. The van der Waals surface area contributed by atoms with Crippen molar-refractivity contribution in [3.8, 4) is 11.5 Å². The molecule has 0 spiro atoms. The fraction of sp³-hybridized carbons (Fsp3) is 0.625. The second-order valence-electron chi connectivity index (χ2n) is 6.12. The smallest absolute Gasteiger partial charge is 0.163 e. The molecule has 0 aromatic heterocycles. The highest BCUT2D eigenvalue weighted by atomic mass is 16.6. The number of nitrogens with zero attached hydrogens (tertiary/aromatic N) is 1. The number of ether oxygens (including phenoxy) is 2. The van der Waals surface area contributed by atoms with Crippen molar-refractivity contribution in [2.75, 3.05) is 25.5 Å². The van der Waals surface area contributed by atoms with Gasteiger partial charge in [-0.2, -0.15) is 0 Å². The largest absolute Gasteiger partial charge is 0.486 e. The van der Waals surface area contributed by atoms with Crippen LogP contribution in [-0.2, 0) is 6.54 Å². The lowest BCUT2D eigenvalue weighted by Crippen LogP contribution is -2.33. The Morgan fingerprint density at radius 1 is 1.25 bits per heavy atom. The van der Waals surface area contributed by atoms with Crippen LogP contribution in [0.2, 0.25) is 0 Å². The standard InChI is InChI=1S/C16H24N2O2/c1-11(2)14-4-3-5-18(14)10-12-8-15-16(9-13(12)17)20-7-6-19-15/h8-9,11,14H,3-7,10,17H2,1-2H3. The monoisotopic (exact) mass is 276 g/mol. The molecule has 1 saturated heterocycles. The average molecular weight is 276 g/mol. The summed E-state index contributed by atoms with van der Waals surface area (Å²) in [7, 11) is 0. The first-order valence-corrected chi connectivity index (χ1v) is 7.57. The molecule has 4 heteroatoms. The summed E-state index contributed by atoms with van der Waals surface area (Å²) in [6.07, 6.45) is 2.58. The Hall–Kier alpha value is -1.42. The maximum absolute atomic E-state index is 6.18. The van der Waals surface area contributed by atoms with Crippen molar-refractivity contribution in [1.82, 2.24) is 4.90 Å². The molecule has 1 atom stereocenters. The number of likely N-dealkylation sites (tertiary alicyclic amines) is 1. The van der Waals surface area contributed by atoms with Gasteiger partial charge in [0, 0.05) is 24.3 Å². The molecule has 0 bridgehead atoms. The number of nitrogens with two attached hydrogens (primary N) is 1. The van der Waals surface area contributed by atoms with E-state index >= 15 is 0 Å². The molecule has 20 heavy (non-hydrogen) atoms. The van der Waals surface area contributed by atoms with Gasteiger partial charge >= 0.3 is 0 Å². The predicted octanol–water partition coefficient (Wildman–Crippen LogP) is 2.66. The van der Waals surface area contributed by atoms with Crippen LogP contribution in [0.25, 0.3) is 0 Å². The van der Waals surface area contributed by atoms with Crippen molar-refractivity contribution in [3.05, 3.63) is 17.7 Å². The van der Waals surface area contributed by atoms with Gasteiger partial charge in [0.05, 0.1) is 0 Å². The number of fused-ring (bicyclic) bond motifs is 1. The maximum Gasteiger partial charge on any atom is 0.163 e. The molecule has 1 aromatic rings. The number of benzene rings is 1. The Kier molecular flexibility index (Phi) is 3.74. The van der Waals surface area contributed by atoms with Crippen molar-refractivity contribution in [2.24, 2.45) is 5.92 Å². The second kappa shape index (κ2) is 5.52. The van der Waals surface area contributed by atoms with Gasteiger partial charge in [-0.05, 0) is 36.9 Å². The van der Waals surface area contributed by atoms with Gasteiger partial charge in [0.2, 0.25) is 0 Å². The molecule has 2 aliphatic rings. The Bertz CT molecular complexity index is 488. The summed E-state index contributed by atoms with van der Waals surface area (Å²) in [5.74, 6) is 2.30. The van der Waals surface area contributed by atoms with E-state index in [0.717, 1.165) is 35.8 Å². The SMILES string of the molecule is CC(C)C1CCCN1Cc1cc2c(cc1N)OCCO2. The number of rotatable bonds is 3. The molecule has 0 radical (unpaired) electrons. The lowest BCUT2D eigenvalue weighted by molar-refractivity contribution is 0.170. The van der Waals surface area contributed by atoms with Crippen LogP contribution in [0.15, 0.2) is 12.1 Å². The van der Waals surface area contributed by atoms with E-state index in [2.05, 4.69) is 24.8 Å². The lowest BCUT2D eigenvalue weighted by Gasteiger charge is -2.28. The summed E-state index contributed by atoms with van der Waals surface area (Å²) < 4.78 is 11.2. The summed E-state index contributed by atoms with van der Waals surface area (Å²) in [6.45, 7) is 7.90. The van der Waals surface area contributed by atoms with Gasteiger partial charge in [0.25, 0.3) is 0 Å². The molecule has 0 saturated carbocycles. The van der Waals surface area contributed by atoms with Crippen molar-refractivity contribution in [3.63, 3.8) is 0 Å². The zero-order valence-electron chi connectivity index (χ0n) is 12.4. The van der Waals surface area contributed by atoms with E-state index in [0.29, 0.717) is 25.2 Å².